The van der Waals surface area contributed by atoms with Crippen LogP contribution in [-0.2, 0) is 4.74 Å². The van der Waals surface area contributed by atoms with E-state index in [9.17, 15) is 0 Å². The van der Waals surface area contributed by atoms with Crippen LogP contribution in [0.15, 0.2) is 30.8 Å². The van der Waals surface area contributed by atoms with Gasteiger partial charge >= 0.3 is 82.3 Å². The molecule has 0 unspecified atom stereocenters. The first-order valence-electron chi connectivity index (χ1n) is 3.90. The maximum atomic E-state index is 5.06. The molecule has 13 heavy (non-hydrogen) atoms. The molecule has 66 valence electrons. The number of benzene rings is 1. The van der Waals surface area contributed by atoms with E-state index in [2.05, 4.69) is 17.6 Å². The minimum absolute atomic E-state index is 0.268. The Morgan fingerprint density at radius 3 is 2.92 bits per heavy atom. The van der Waals surface area contributed by atoms with Crippen LogP contribution in [0.2, 0.25) is 0 Å². The molecule has 1 aromatic heterocycles. The molecule has 0 N–H and O–H groups in total. The topological polar surface area (TPSA) is 22.1 Å². The van der Waals surface area contributed by atoms with Crippen LogP contribution in [0, 0.1) is 0 Å². The third kappa shape index (κ3) is 1.53. The predicted octanol–water partition coefficient (Wildman–Crippen LogP) is 1.91. The van der Waals surface area contributed by atoms with E-state index in [4.69, 9.17) is 4.74 Å². The second-order valence-corrected chi connectivity index (χ2v) is 4.78. The number of aromatic nitrogens is 1. The Hall–Kier alpha value is -1.05. The Labute approximate surface area is 82.6 Å². The van der Waals surface area contributed by atoms with Gasteiger partial charge in [-0.2, -0.15) is 0 Å². The van der Waals surface area contributed by atoms with Crippen molar-refractivity contribution in [1.82, 2.24) is 4.98 Å². The van der Waals surface area contributed by atoms with Crippen molar-refractivity contribution < 1.29 is 4.74 Å². The minimum atomic E-state index is 0.268. The van der Waals surface area contributed by atoms with Crippen molar-refractivity contribution in [2.24, 2.45) is 0 Å². The fraction of sp³-hybridized carbons (Fsp3) is 0.100. The van der Waals surface area contributed by atoms with Crippen LogP contribution in [0.25, 0.3) is 15.5 Å². The fourth-order valence-electron chi connectivity index (χ4n) is 1.08. The van der Waals surface area contributed by atoms with Crippen LogP contribution in [0.3, 0.4) is 0 Å². The summed E-state index contributed by atoms with van der Waals surface area (Å²) >= 11 is 0.268. The van der Waals surface area contributed by atoms with E-state index in [1.807, 2.05) is 18.2 Å². The standard InChI is InChI=1S/C10H9NOSe/c1-7(12-2)10-11-8-5-3-4-6-9(8)13-10/h3-6H,1H2,2H3. The molecule has 0 saturated carbocycles. The Kier molecular flexibility index (Phi) is 2.21. The summed E-state index contributed by atoms with van der Waals surface area (Å²) in [7, 11) is 1.63. The number of hydrogen-bond acceptors (Lipinski definition) is 2. The average molecular weight is 238 g/mol. The molecule has 0 aliphatic rings. The zero-order valence-corrected chi connectivity index (χ0v) is 8.99. The number of methoxy groups -OCH3 is 1. The van der Waals surface area contributed by atoms with Crippen LogP contribution in [-0.4, -0.2) is 26.6 Å². The molecule has 0 amide bonds. The van der Waals surface area contributed by atoms with Gasteiger partial charge in [-0.1, -0.05) is 0 Å². The van der Waals surface area contributed by atoms with Crippen molar-refractivity contribution in [3.63, 3.8) is 0 Å². The summed E-state index contributed by atoms with van der Waals surface area (Å²) in [5.74, 6) is 0.691. The van der Waals surface area contributed by atoms with Gasteiger partial charge in [0.05, 0.1) is 0 Å². The summed E-state index contributed by atoms with van der Waals surface area (Å²) < 4.78 is 7.36. The van der Waals surface area contributed by atoms with E-state index < -0.39 is 0 Å². The Morgan fingerprint density at radius 1 is 1.46 bits per heavy atom. The third-order valence-corrected chi connectivity index (χ3v) is 4.04. The molecule has 2 nitrogen and oxygen atoms in total. The van der Waals surface area contributed by atoms with Crippen molar-refractivity contribution in [2.75, 3.05) is 7.11 Å². The van der Waals surface area contributed by atoms with E-state index in [1.165, 1.54) is 4.26 Å². The number of hydrogen-bond donors (Lipinski definition) is 0. The van der Waals surface area contributed by atoms with Crippen molar-refractivity contribution in [3.8, 4) is 0 Å². The first kappa shape index (κ1) is 8.54. The van der Waals surface area contributed by atoms with E-state index >= 15 is 0 Å². The molecule has 2 rings (SSSR count). The molecule has 2 aromatic rings. The summed E-state index contributed by atoms with van der Waals surface area (Å²) in [4.78, 5) is 4.44. The van der Waals surface area contributed by atoms with Crippen LogP contribution >= 0.6 is 0 Å². The van der Waals surface area contributed by atoms with Gasteiger partial charge in [-0.05, 0) is 0 Å². The summed E-state index contributed by atoms with van der Waals surface area (Å²) in [5.41, 5.74) is 1.07. The van der Waals surface area contributed by atoms with E-state index in [1.54, 1.807) is 7.11 Å². The third-order valence-electron chi connectivity index (χ3n) is 1.78. The van der Waals surface area contributed by atoms with E-state index in [0.29, 0.717) is 5.76 Å². The molecule has 0 aliphatic carbocycles. The predicted molar refractivity (Wildman–Crippen MR) is 54.7 cm³/mol. The number of para-hydroxylation sites is 1. The summed E-state index contributed by atoms with van der Waals surface area (Å²) in [5, 5.41) is 0. The Morgan fingerprint density at radius 2 is 2.23 bits per heavy atom. The van der Waals surface area contributed by atoms with Gasteiger partial charge in [-0.25, -0.2) is 0 Å². The molecule has 0 atom stereocenters. The number of ether oxygens (including phenoxy) is 1. The van der Waals surface area contributed by atoms with Crippen molar-refractivity contribution >= 4 is 30.0 Å². The molecule has 0 bridgehead atoms. The maximum absolute atomic E-state index is 5.06. The van der Waals surface area contributed by atoms with Gasteiger partial charge in [0, 0.05) is 0 Å². The van der Waals surface area contributed by atoms with Gasteiger partial charge in [0.2, 0.25) is 0 Å². The van der Waals surface area contributed by atoms with Crippen LogP contribution in [0.4, 0.5) is 0 Å². The second kappa shape index (κ2) is 3.36. The van der Waals surface area contributed by atoms with Crippen LogP contribution < -0.4 is 0 Å². The van der Waals surface area contributed by atoms with Crippen LogP contribution in [0.5, 0.6) is 0 Å². The van der Waals surface area contributed by atoms with Gasteiger partial charge in [0.1, 0.15) is 0 Å². The Balaban J connectivity index is 2.56. The molecular weight excluding hydrogens is 229 g/mol. The average Bonchev–Trinajstić information content (AvgIpc) is 2.59. The first-order chi connectivity index (χ1) is 6.31. The van der Waals surface area contributed by atoms with E-state index in [0.717, 1.165) is 10.1 Å². The zero-order valence-electron chi connectivity index (χ0n) is 7.28. The molecular formula is C10H9NOSe. The first-order valence-corrected chi connectivity index (χ1v) is 5.61. The molecule has 0 spiro atoms. The monoisotopic (exact) mass is 239 g/mol. The molecule has 1 aromatic carbocycles. The van der Waals surface area contributed by atoms with Crippen molar-refractivity contribution in [2.45, 2.75) is 0 Å². The van der Waals surface area contributed by atoms with Crippen LogP contribution in [0.1, 0.15) is 4.57 Å². The van der Waals surface area contributed by atoms with Gasteiger partial charge in [-0.3, -0.25) is 0 Å². The summed E-state index contributed by atoms with van der Waals surface area (Å²) in [6.07, 6.45) is 0. The van der Waals surface area contributed by atoms with Gasteiger partial charge in [-0.15, -0.1) is 0 Å². The number of nitrogens with zero attached hydrogens (tertiary/aromatic N) is 1. The SMILES string of the molecule is C=C(OC)c1nc2ccccc2[se]1. The molecule has 0 aliphatic heterocycles. The normalized spacial score (nSPS) is 10.2. The van der Waals surface area contributed by atoms with Gasteiger partial charge in [0.25, 0.3) is 0 Å². The van der Waals surface area contributed by atoms with Gasteiger partial charge in [0.15, 0.2) is 0 Å². The summed E-state index contributed by atoms with van der Waals surface area (Å²) in [6, 6.07) is 8.16. The summed E-state index contributed by atoms with van der Waals surface area (Å²) in [6.45, 7) is 3.80. The fourth-order valence-corrected chi connectivity index (χ4v) is 3.00. The quantitative estimate of drug-likeness (QED) is 0.589. The molecule has 0 radical (unpaired) electrons. The number of rotatable bonds is 2. The molecule has 3 heteroatoms. The van der Waals surface area contributed by atoms with Crippen molar-refractivity contribution in [3.05, 3.63) is 35.4 Å². The van der Waals surface area contributed by atoms with Crippen molar-refractivity contribution in [1.29, 1.82) is 0 Å². The number of fused-ring (bicyclic) bond motifs is 1. The van der Waals surface area contributed by atoms with Gasteiger partial charge < -0.3 is 0 Å². The zero-order chi connectivity index (χ0) is 9.26. The second-order valence-electron chi connectivity index (χ2n) is 2.61. The molecule has 0 fully saturated rings. The van der Waals surface area contributed by atoms with E-state index in [-0.39, 0.29) is 14.5 Å². The molecule has 1 heterocycles. The Bertz CT molecular complexity index is 414. The molecule has 0 saturated heterocycles.